The number of ether oxygens (including phenoxy) is 1. The number of hydrogen-bond acceptors (Lipinski definition) is 2. The van der Waals surface area contributed by atoms with Gasteiger partial charge in [-0.05, 0) is 53.4 Å². The molecule has 0 fully saturated rings. The summed E-state index contributed by atoms with van der Waals surface area (Å²) in [7, 11) is 1.72. The summed E-state index contributed by atoms with van der Waals surface area (Å²) < 4.78 is 19.2. The van der Waals surface area contributed by atoms with Gasteiger partial charge in [0, 0.05) is 33.4 Å². The van der Waals surface area contributed by atoms with Crippen LogP contribution >= 0.6 is 39.9 Å². The summed E-state index contributed by atoms with van der Waals surface area (Å²) in [5, 5.41) is 6.38. The van der Waals surface area contributed by atoms with Crippen LogP contribution in [0.1, 0.15) is 25.3 Å². The minimum absolute atomic E-state index is 0. The molecule has 0 aromatic heterocycles. The summed E-state index contributed by atoms with van der Waals surface area (Å²) in [4.78, 5) is 4.14. The minimum Gasteiger partial charge on any atom is -0.382 e. The van der Waals surface area contributed by atoms with E-state index in [1.54, 1.807) is 13.1 Å². The molecule has 1 rings (SSSR count). The van der Waals surface area contributed by atoms with E-state index in [0.29, 0.717) is 11.0 Å². The van der Waals surface area contributed by atoms with Gasteiger partial charge in [-0.25, -0.2) is 4.39 Å². The molecular formula is C15H24BrFIN3O. The average molecular weight is 488 g/mol. The van der Waals surface area contributed by atoms with Crippen LogP contribution < -0.4 is 10.6 Å². The predicted molar refractivity (Wildman–Crippen MR) is 103 cm³/mol. The SMILES string of the molecule is CCOCCCCNC(=NC)NCc1ccc(Br)c(F)c1.I. The van der Waals surface area contributed by atoms with Gasteiger partial charge in [0.05, 0.1) is 4.47 Å². The zero-order valence-electron chi connectivity index (χ0n) is 13.0. The minimum atomic E-state index is -0.256. The Morgan fingerprint density at radius 3 is 2.73 bits per heavy atom. The number of guanidine groups is 1. The third-order valence-electron chi connectivity index (χ3n) is 2.88. The Morgan fingerprint density at radius 2 is 2.09 bits per heavy atom. The van der Waals surface area contributed by atoms with E-state index in [1.165, 1.54) is 6.07 Å². The van der Waals surface area contributed by atoms with Gasteiger partial charge in [-0.15, -0.1) is 24.0 Å². The first kappa shape index (κ1) is 21.6. The fourth-order valence-electron chi connectivity index (χ4n) is 1.74. The summed E-state index contributed by atoms with van der Waals surface area (Å²) in [5.74, 6) is 0.461. The van der Waals surface area contributed by atoms with E-state index >= 15 is 0 Å². The molecular weight excluding hydrogens is 464 g/mol. The maximum absolute atomic E-state index is 13.4. The standard InChI is InChI=1S/C15H23BrFN3O.HI/c1-3-21-9-5-4-8-19-15(18-2)20-11-12-6-7-13(16)14(17)10-12;/h6-7,10H,3-5,8-9,11H2,1-2H3,(H2,18,19,20);1H. The van der Waals surface area contributed by atoms with Gasteiger partial charge >= 0.3 is 0 Å². The molecule has 0 bridgehead atoms. The van der Waals surface area contributed by atoms with E-state index in [4.69, 9.17) is 4.74 Å². The number of nitrogens with zero attached hydrogens (tertiary/aromatic N) is 1. The summed E-state index contributed by atoms with van der Waals surface area (Å²) in [6.45, 7) is 4.92. The highest BCUT2D eigenvalue weighted by Crippen LogP contribution is 2.16. The van der Waals surface area contributed by atoms with Crippen LogP contribution in [0.4, 0.5) is 4.39 Å². The van der Waals surface area contributed by atoms with Crippen LogP contribution in [0.2, 0.25) is 0 Å². The molecule has 0 atom stereocenters. The van der Waals surface area contributed by atoms with Crippen LogP contribution in [0.3, 0.4) is 0 Å². The smallest absolute Gasteiger partial charge is 0.191 e. The predicted octanol–water partition coefficient (Wildman–Crippen LogP) is 3.69. The molecule has 126 valence electrons. The van der Waals surface area contributed by atoms with Crippen LogP contribution in [0, 0.1) is 5.82 Å². The van der Waals surface area contributed by atoms with Gasteiger partial charge in [0.1, 0.15) is 5.82 Å². The molecule has 0 aliphatic carbocycles. The topological polar surface area (TPSA) is 45.6 Å². The molecule has 7 heteroatoms. The Hall–Kier alpha value is -0.410. The highest BCUT2D eigenvalue weighted by atomic mass is 127. The van der Waals surface area contributed by atoms with Crippen molar-refractivity contribution in [2.24, 2.45) is 4.99 Å². The Labute approximate surface area is 157 Å². The highest BCUT2D eigenvalue weighted by molar-refractivity contribution is 14.0. The van der Waals surface area contributed by atoms with Crippen molar-refractivity contribution in [2.45, 2.75) is 26.3 Å². The lowest BCUT2D eigenvalue weighted by molar-refractivity contribution is 0.143. The molecule has 0 aliphatic rings. The molecule has 4 nitrogen and oxygen atoms in total. The van der Waals surface area contributed by atoms with Crippen LogP contribution in [0.25, 0.3) is 0 Å². The van der Waals surface area contributed by atoms with Crippen LogP contribution in [-0.2, 0) is 11.3 Å². The maximum Gasteiger partial charge on any atom is 0.191 e. The molecule has 0 aliphatic heterocycles. The first-order valence-corrected chi connectivity index (χ1v) is 7.92. The van der Waals surface area contributed by atoms with E-state index in [0.717, 1.165) is 44.1 Å². The fraction of sp³-hybridized carbons (Fsp3) is 0.533. The number of nitrogens with one attached hydrogen (secondary N) is 2. The zero-order chi connectivity index (χ0) is 15.5. The third-order valence-corrected chi connectivity index (χ3v) is 3.52. The van der Waals surface area contributed by atoms with Crippen molar-refractivity contribution in [1.82, 2.24) is 10.6 Å². The van der Waals surface area contributed by atoms with Crippen LogP contribution in [0.5, 0.6) is 0 Å². The molecule has 0 saturated carbocycles. The Morgan fingerprint density at radius 1 is 1.32 bits per heavy atom. The van der Waals surface area contributed by atoms with Crippen molar-refractivity contribution in [3.05, 3.63) is 34.1 Å². The summed E-state index contributed by atoms with van der Waals surface area (Å²) in [5.41, 5.74) is 0.870. The van der Waals surface area contributed by atoms with Gasteiger partial charge in [-0.1, -0.05) is 6.07 Å². The van der Waals surface area contributed by atoms with Crippen LogP contribution in [-0.4, -0.2) is 32.8 Å². The molecule has 22 heavy (non-hydrogen) atoms. The Kier molecular flexibility index (Phi) is 12.8. The average Bonchev–Trinajstić information content (AvgIpc) is 2.49. The lowest BCUT2D eigenvalue weighted by atomic mass is 10.2. The molecule has 0 saturated heterocycles. The van der Waals surface area contributed by atoms with E-state index in [1.807, 2.05) is 13.0 Å². The third kappa shape index (κ3) is 8.89. The van der Waals surface area contributed by atoms with Gasteiger partial charge in [0.15, 0.2) is 5.96 Å². The van der Waals surface area contributed by atoms with Gasteiger partial charge in [0.2, 0.25) is 0 Å². The summed E-state index contributed by atoms with van der Waals surface area (Å²) in [6, 6.07) is 5.08. The quantitative estimate of drug-likeness (QED) is 0.254. The second kappa shape index (κ2) is 13.1. The second-order valence-electron chi connectivity index (χ2n) is 4.51. The van der Waals surface area contributed by atoms with E-state index < -0.39 is 0 Å². The number of benzene rings is 1. The molecule has 0 amide bonds. The molecule has 2 N–H and O–H groups in total. The van der Waals surface area contributed by atoms with E-state index in [2.05, 4.69) is 31.6 Å². The van der Waals surface area contributed by atoms with Crippen molar-refractivity contribution in [2.75, 3.05) is 26.8 Å². The number of halogens is 3. The maximum atomic E-state index is 13.4. The van der Waals surface area contributed by atoms with Crippen molar-refractivity contribution < 1.29 is 9.13 Å². The van der Waals surface area contributed by atoms with E-state index in [9.17, 15) is 4.39 Å². The first-order valence-electron chi connectivity index (χ1n) is 7.13. The second-order valence-corrected chi connectivity index (χ2v) is 5.36. The molecule has 0 spiro atoms. The lowest BCUT2D eigenvalue weighted by Crippen LogP contribution is -2.37. The van der Waals surface area contributed by atoms with Gasteiger partial charge in [-0.2, -0.15) is 0 Å². The monoisotopic (exact) mass is 487 g/mol. The Bertz CT molecular complexity index is 460. The van der Waals surface area contributed by atoms with Gasteiger partial charge < -0.3 is 15.4 Å². The normalized spacial score (nSPS) is 11.0. The fourth-order valence-corrected chi connectivity index (χ4v) is 1.98. The van der Waals surface area contributed by atoms with Crippen molar-refractivity contribution in [1.29, 1.82) is 0 Å². The number of rotatable bonds is 8. The number of unbranched alkanes of at least 4 members (excludes halogenated alkanes) is 1. The molecule has 0 unspecified atom stereocenters. The highest BCUT2D eigenvalue weighted by Gasteiger charge is 2.02. The van der Waals surface area contributed by atoms with Gasteiger partial charge in [-0.3, -0.25) is 4.99 Å². The van der Waals surface area contributed by atoms with E-state index in [-0.39, 0.29) is 29.8 Å². The first-order chi connectivity index (χ1) is 10.2. The lowest BCUT2D eigenvalue weighted by Gasteiger charge is -2.12. The largest absolute Gasteiger partial charge is 0.382 e. The molecule has 0 radical (unpaired) electrons. The van der Waals surface area contributed by atoms with Crippen molar-refractivity contribution in [3.8, 4) is 0 Å². The van der Waals surface area contributed by atoms with Gasteiger partial charge in [0.25, 0.3) is 0 Å². The molecule has 1 aromatic carbocycles. The van der Waals surface area contributed by atoms with Crippen LogP contribution in [0.15, 0.2) is 27.7 Å². The summed E-state index contributed by atoms with van der Waals surface area (Å²) >= 11 is 3.14. The molecule has 0 heterocycles. The van der Waals surface area contributed by atoms with Crippen molar-refractivity contribution >= 4 is 45.9 Å². The van der Waals surface area contributed by atoms with Crippen molar-refractivity contribution in [3.63, 3.8) is 0 Å². The Balaban J connectivity index is 0.00000441. The molecule has 1 aromatic rings. The number of aliphatic imine (C=N–C) groups is 1. The summed E-state index contributed by atoms with van der Waals surface area (Å²) in [6.07, 6.45) is 2.05. The zero-order valence-corrected chi connectivity index (χ0v) is 16.9. The number of hydrogen-bond donors (Lipinski definition) is 2.